The van der Waals surface area contributed by atoms with Crippen molar-refractivity contribution in [2.45, 2.75) is 19.7 Å². The Morgan fingerprint density at radius 3 is 2.38 bits per heavy atom. The summed E-state index contributed by atoms with van der Waals surface area (Å²) in [6.45, 7) is 1.31. The molecule has 0 aromatic carbocycles. The smallest absolute Gasteiger partial charge is 0.398 e. The first-order chi connectivity index (χ1) is 7.20. The number of aryl methyl sites for hydroxylation is 1. The van der Waals surface area contributed by atoms with Gasteiger partial charge in [-0.15, -0.1) is 13.2 Å². The van der Waals surface area contributed by atoms with E-state index < -0.39 is 29.9 Å². The highest BCUT2D eigenvalue weighted by Gasteiger charge is 2.35. The molecule has 0 aliphatic heterocycles. The lowest BCUT2D eigenvalue weighted by Crippen LogP contribution is -2.20. The summed E-state index contributed by atoms with van der Waals surface area (Å²) < 4.78 is 63.9. The molecule has 0 saturated heterocycles. The van der Waals surface area contributed by atoms with Gasteiger partial charge >= 0.3 is 6.36 Å². The van der Waals surface area contributed by atoms with Crippen LogP contribution in [0.1, 0.15) is 17.7 Å². The normalized spacial score (nSPS) is 11.9. The SMILES string of the molecule is Cc1cc(N)c(C(F)F)c(OC(F)(F)F)n1. The summed E-state index contributed by atoms with van der Waals surface area (Å²) in [5, 5.41) is 0. The van der Waals surface area contributed by atoms with E-state index in [9.17, 15) is 22.0 Å². The summed E-state index contributed by atoms with van der Waals surface area (Å²) in [7, 11) is 0. The van der Waals surface area contributed by atoms with Gasteiger partial charge < -0.3 is 10.5 Å². The number of rotatable bonds is 2. The number of halogens is 5. The second kappa shape index (κ2) is 4.11. The van der Waals surface area contributed by atoms with Gasteiger partial charge in [0.05, 0.1) is 0 Å². The first-order valence-electron chi connectivity index (χ1n) is 4.01. The van der Waals surface area contributed by atoms with Crippen LogP contribution in [0.15, 0.2) is 6.07 Å². The van der Waals surface area contributed by atoms with Crippen LogP contribution in [0.3, 0.4) is 0 Å². The summed E-state index contributed by atoms with van der Waals surface area (Å²) in [6.07, 6.45) is -8.28. The van der Waals surface area contributed by atoms with Crippen LogP contribution in [-0.4, -0.2) is 11.3 Å². The number of aromatic nitrogens is 1. The number of nitrogen functional groups attached to an aromatic ring is 1. The molecule has 0 aliphatic rings. The molecule has 0 spiro atoms. The van der Waals surface area contributed by atoms with Gasteiger partial charge in [0.15, 0.2) is 0 Å². The van der Waals surface area contributed by atoms with E-state index in [4.69, 9.17) is 5.73 Å². The molecule has 90 valence electrons. The molecule has 1 rings (SSSR count). The van der Waals surface area contributed by atoms with Crippen molar-refractivity contribution < 1.29 is 26.7 Å². The average Bonchev–Trinajstić information content (AvgIpc) is 1.96. The van der Waals surface area contributed by atoms with Crippen molar-refractivity contribution in [2.24, 2.45) is 0 Å². The van der Waals surface area contributed by atoms with Crippen LogP contribution in [-0.2, 0) is 0 Å². The number of ether oxygens (including phenoxy) is 1. The summed E-state index contributed by atoms with van der Waals surface area (Å²) in [4.78, 5) is 3.24. The Bertz CT molecular complexity index is 391. The summed E-state index contributed by atoms with van der Waals surface area (Å²) in [5.41, 5.74) is 3.69. The van der Waals surface area contributed by atoms with Crippen molar-refractivity contribution >= 4 is 5.69 Å². The molecule has 1 aromatic rings. The fourth-order valence-corrected chi connectivity index (χ4v) is 1.09. The average molecular weight is 242 g/mol. The van der Waals surface area contributed by atoms with Gasteiger partial charge in [-0.3, -0.25) is 0 Å². The molecule has 0 fully saturated rings. The van der Waals surface area contributed by atoms with Crippen LogP contribution in [0.2, 0.25) is 0 Å². The zero-order valence-corrected chi connectivity index (χ0v) is 7.98. The number of anilines is 1. The van der Waals surface area contributed by atoms with E-state index in [2.05, 4.69) is 9.72 Å². The van der Waals surface area contributed by atoms with Gasteiger partial charge in [0, 0.05) is 11.4 Å². The largest absolute Gasteiger partial charge is 0.574 e. The second-order valence-electron chi connectivity index (χ2n) is 2.92. The monoisotopic (exact) mass is 242 g/mol. The molecular formula is C8H7F5N2O. The van der Waals surface area contributed by atoms with Crippen LogP contribution < -0.4 is 10.5 Å². The lowest BCUT2D eigenvalue weighted by molar-refractivity contribution is -0.276. The van der Waals surface area contributed by atoms with E-state index >= 15 is 0 Å². The maximum absolute atomic E-state index is 12.4. The summed E-state index contributed by atoms with van der Waals surface area (Å²) >= 11 is 0. The third-order valence-electron chi connectivity index (χ3n) is 1.61. The zero-order valence-electron chi connectivity index (χ0n) is 7.98. The molecule has 2 N–H and O–H groups in total. The molecule has 0 unspecified atom stereocenters. The van der Waals surface area contributed by atoms with Gasteiger partial charge in [0.2, 0.25) is 5.88 Å². The molecule has 3 nitrogen and oxygen atoms in total. The molecule has 0 aliphatic carbocycles. The molecule has 8 heteroatoms. The van der Waals surface area contributed by atoms with Gasteiger partial charge in [0.1, 0.15) is 5.56 Å². The second-order valence-corrected chi connectivity index (χ2v) is 2.92. The van der Waals surface area contributed by atoms with Crippen molar-refractivity contribution in [3.05, 3.63) is 17.3 Å². The zero-order chi connectivity index (χ0) is 12.5. The van der Waals surface area contributed by atoms with E-state index in [1.807, 2.05) is 0 Å². The summed E-state index contributed by atoms with van der Waals surface area (Å²) in [5.74, 6) is -1.21. The fraction of sp³-hybridized carbons (Fsp3) is 0.375. The molecule has 0 atom stereocenters. The van der Waals surface area contributed by atoms with Gasteiger partial charge in [-0.2, -0.15) is 0 Å². The van der Waals surface area contributed by atoms with Gasteiger partial charge in [-0.05, 0) is 13.0 Å². The topological polar surface area (TPSA) is 48.1 Å². The van der Waals surface area contributed by atoms with Crippen molar-refractivity contribution in [1.82, 2.24) is 4.98 Å². The van der Waals surface area contributed by atoms with Crippen LogP contribution in [0, 0.1) is 6.92 Å². The Morgan fingerprint density at radius 2 is 1.94 bits per heavy atom. The Labute approximate surface area is 87.0 Å². The maximum atomic E-state index is 12.4. The first kappa shape index (κ1) is 12.5. The van der Waals surface area contributed by atoms with Gasteiger partial charge in [0.25, 0.3) is 6.43 Å². The number of hydrogen-bond donors (Lipinski definition) is 1. The molecule has 0 saturated carbocycles. The van der Waals surface area contributed by atoms with E-state index in [1.165, 1.54) is 6.92 Å². The van der Waals surface area contributed by atoms with Crippen LogP contribution in [0.4, 0.5) is 27.6 Å². The first-order valence-corrected chi connectivity index (χ1v) is 4.01. The molecule has 0 bridgehead atoms. The molecule has 1 heterocycles. The number of nitrogens with zero attached hydrogens (tertiary/aromatic N) is 1. The predicted molar refractivity (Wildman–Crippen MR) is 45.0 cm³/mol. The molecule has 0 radical (unpaired) electrons. The van der Waals surface area contributed by atoms with Crippen molar-refractivity contribution in [2.75, 3.05) is 5.73 Å². The number of nitrogens with two attached hydrogens (primary N) is 1. The Balaban J connectivity index is 3.24. The maximum Gasteiger partial charge on any atom is 0.574 e. The highest BCUT2D eigenvalue weighted by atomic mass is 19.4. The Morgan fingerprint density at radius 1 is 1.38 bits per heavy atom. The van der Waals surface area contributed by atoms with E-state index in [-0.39, 0.29) is 5.69 Å². The molecule has 16 heavy (non-hydrogen) atoms. The van der Waals surface area contributed by atoms with E-state index in [1.54, 1.807) is 0 Å². The summed E-state index contributed by atoms with van der Waals surface area (Å²) in [6, 6.07) is 1.05. The van der Waals surface area contributed by atoms with Crippen LogP contribution >= 0.6 is 0 Å². The molecular weight excluding hydrogens is 235 g/mol. The lowest BCUT2D eigenvalue weighted by Gasteiger charge is -2.14. The van der Waals surface area contributed by atoms with Gasteiger partial charge in [-0.1, -0.05) is 0 Å². The van der Waals surface area contributed by atoms with Crippen molar-refractivity contribution in [1.29, 1.82) is 0 Å². The minimum absolute atomic E-state index is 0.0566. The highest BCUT2D eigenvalue weighted by molar-refractivity contribution is 5.53. The Kier molecular flexibility index (Phi) is 3.20. The highest BCUT2D eigenvalue weighted by Crippen LogP contribution is 2.35. The van der Waals surface area contributed by atoms with E-state index in [0.29, 0.717) is 0 Å². The Hall–Kier alpha value is -1.60. The van der Waals surface area contributed by atoms with Crippen molar-refractivity contribution in [3.8, 4) is 5.88 Å². The minimum atomic E-state index is -5.09. The minimum Gasteiger partial charge on any atom is -0.398 e. The lowest BCUT2D eigenvalue weighted by atomic mass is 10.2. The predicted octanol–water partition coefficient (Wildman–Crippen LogP) is 2.81. The number of pyridine rings is 1. The van der Waals surface area contributed by atoms with Crippen LogP contribution in [0.5, 0.6) is 5.88 Å². The third-order valence-corrected chi connectivity index (χ3v) is 1.61. The standard InChI is InChI=1S/C8H7F5N2O/c1-3-2-4(14)5(6(9)10)7(15-3)16-8(11,12)13/h2,6H,1H3,(H2,14,15). The molecule has 0 amide bonds. The number of hydrogen-bond acceptors (Lipinski definition) is 3. The fourth-order valence-electron chi connectivity index (χ4n) is 1.09. The van der Waals surface area contributed by atoms with Crippen molar-refractivity contribution in [3.63, 3.8) is 0 Å². The van der Waals surface area contributed by atoms with Crippen LogP contribution in [0.25, 0.3) is 0 Å². The molecule has 1 aromatic heterocycles. The number of alkyl halides is 5. The van der Waals surface area contributed by atoms with Gasteiger partial charge in [-0.25, -0.2) is 13.8 Å². The van der Waals surface area contributed by atoms with E-state index in [0.717, 1.165) is 6.07 Å². The third kappa shape index (κ3) is 2.94. The quantitative estimate of drug-likeness (QED) is 0.811.